The van der Waals surface area contributed by atoms with Gasteiger partial charge in [-0.3, -0.25) is 4.79 Å². The van der Waals surface area contributed by atoms with Gasteiger partial charge in [-0.25, -0.2) is 4.99 Å². The summed E-state index contributed by atoms with van der Waals surface area (Å²) in [4.78, 5) is 15.7. The number of nitrogens with two attached hydrogens (primary N) is 1. The van der Waals surface area contributed by atoms with Crippen molar-refractivity contribution in [2.45, 2.75) is 46.8 Å². The van der Waals surface area contributed by atoms with Crippen molar-refractivity contribution in [3.8, 4) is 0 Å². The topological polar surface area (TPSA) is 88.7 Å². The van der Waals surface area contributed by atoms with Crippen LogP contribution in [0.25, 0.3) is 0 Å². The summed E-state index contributed by atoms with van der Waals surface area (Å²) in [5, 5.41) is 6.59. The molecule has 0 aliphatic heterocycles. The summed E-state index contributed by atoms with van der Waals surface area (Å²) in [6.45, 7) is 11.3. The van der Waals surface area contributed by atoms with Crippen molar-refractivity contribution in [1.82, 2.24) is 10.6 Å². The van der Waals surface area contributed by atoms with E-state index in [-0.39, 0.29) is 30.1 Å². The zero-order valence-corrected chi connectivity index (χ0v) is 18.6. The molecule has 0 heterocycles. The Hall–Kier alpha value is -1.35. The molecule has 1 unspecified atom stereocenters. The van der Waals surface area contributed by atoms with Crippen LogP contribution in [0.4, 0.5) is 0 Å². The average Bonchev–Trinajstić information content (AvgIpc) is 2.59. The van der Waals surface area contributed by atoms with Gasteiger partial charge in [0.1, 0.15) is 0 Å². The molecule has 1 atom stereocenters. The highest BCUT2D eigenvalue weighted by Gasteiger charge is 2.12. The average molecular weight is 476 g/mol. The molecule has 0 bridgehead atoms. The number of nitrogens with zero attached hydrogens (tertiary/aromatic N) is 1. The molecule has 26 heavy (non-hydrogen) atoms. The predicted octanol–water partition coefficient (Wildman–Crippen LogP) is 2.91. The van der Waals surface area contributed by atoms with E-state index in [2.05, 4.69) is 29.5 Å². The molecule has 0 saturated carbocycles. The molecule has 0 fully saturated rings. The predicted molar refractivity (Wildman–Crippen MR) is 118 cm³/mol. The molecular formula is C19H33IN4O2. The molecule has 7 heteroatoms. The smallest absolute Gasteiger partial charge is 0.248 e. The Labute approximate surface area is 174 Å². The maximum Gasteiger partial charge on any atom is 0.248 e. The summed E-state index contributed by atoms with van der Waals surface area (Å²) < 4.78 is 5.77. The van der Waals surface area contributed by atoms with E-state index in [9.17, 15) is 4.79 Å². The monoisotopic (exact) mass is 476 g/mol. The van der Waals surface area contributed by atoms with Crippen molar-refractivity contribution >= 4 is 35.8 Å². The molecule has 1 amide bonds. The molecule has 148 valence electrons. The molecule has 1 aromatic rings. The Bertz CT molecular complexity index is 547. The number of guanidine groups is 1. The quantitative estimate of drug-likeness (QED) is 0.275. The van der Waals surface area contributed by atoms with E-state index in [1.807, 2.05) is 26.0 Å². The fourth-order valence-electron chi connectivity index (χ4n) is 2.44. The number of halogens is 1. The maximum atomic E-state index is 11.1. The molecule has 1 rings (SSSR count). The van der Waals surface area contributed by atoms with Gasteiger partial charge in [0, 0.05) is 25.3 Å². The van der Waals surface area contributed by atoms with E-state index in [1.54, 1.807) is 12.1 Å². The van der Waals surface area contributed by atoms with Crippen LogP contribution in [0.15, 0.2) is 29.3 Å². The second-order valence-electron chi connectivity index (χ2n) is 6.21. The van der Waals surface area contributed by atoms with Gasteiger partial charge in [-0.15, -0.1) is 24.0 Å². The maximum absolute atomic E-state index is 11.1. The number of primary amides is 1. The zero-order chi connectivity index (χ0) is 18.7. The Morgan fingerprint density at radius 2 is 1.85 bits per heavy atom. The number of nitrogens with one attached hydrogen (secondary N) is 2. The molecule has 0 spiro atoms. The minimum Gasteiger partial charge on any atom is -0.378 e. The number of benzene rings is 1. The van der Waals surface area contributed by atoms with Crippen molar-refractivity contribution in [1.29, 1.82) is 0 Å². The fraction of sp³-hybridized carbons (Fsp3) is 0.579. The Morgan fingerprint density at radius 3 is 2.35 bits per heavy atom. The van der Waals surface area contributed by atoms with E-state index >= 15 is 0 Å². The molecule has 1 aromatic carbocycles. The van der Waals surface area contributed by atoms with Crippen molar-refractivity contribution in [3.05, 3.63) is 35.4 Å². The lowest BCUT2D eigenvalue weighted by molar-refractivity contribution is 0.0258. The summed E-state index contributed by atoms with van der Waals surface area (Å²) >= 11 is 0. The number of hydrogen-bond donors (Lipinski definition) is 3. The largest absolute Gasteiger partial charge is 0.378 e. The fourth-order valence-corrected chi connectivity index (χ4v) is 2.44. The summed E-state index contributed by atoms with van der Waals surface area (Å²) in [5.41, 5.74) is 6.78. The third kappa shape index (κ3) is 9.38. The first kappa shape index (κ1) is 24.7. The van der Waals surface area contributed by atoms with Crippen LogP contribution >= 0.6 is 24.0 Å². The lowest BCUT2D eigenvalue weighted by atomic mass is 10.0. The van der Waals surface area contributed by atoms with Gasteiger partial charge in [-0.2, -0.15) is 0 Å². The third-order valence-electron chi connectivity index (χ3n) is 3.85. The first-order valence-electron chi connectivity index (χ1n) is 9.00. The number of carbonyl (C=O) groups excluding carboxylic acids is 1. The van der Waals surface area contributed by atoms with Crippen LogP contribution in [-0.4, -0.2) is 37.7 Å². The number of ether oxygens (including phenoxy) is 1. The molecular weight excluding hydrogens is 443 g/mol. The summed E-state index contributed by atoms with van der Waals surface area (Å²) in [5.74, 6) is 0.851. The summed E-state index contributed by atoms with van der Waals surface area (Å²) in [6, 6.07) is 7.19. The number of hydrogen-bond acceptors (Lipinski definition) is 3. The summed E-state index contributed by atoms with van der Waals surface area (Å²) in [7, 11) is 0. The standard InChI is InChI=1S/C19H32N4O2.HI/c1-5-21-19(22-12-11-17(14(3)4)25-6-2)23-13-15-7-9-16(10-8-15)18(20)24;/h7-10,14,17H,5-6,11-13H2,1-4H3,(H2,20,24)(H2,21,22,23);1H. The third-order valence-corrected chi connectivity index (χ3v) is 3.85. The van der Waals surface area contributed by atoms with Gasteiger partial charge in [0.25, 0.3) is 0 Å². The normalized spacial score (nSPS) is 12.4. The van der Waals surface area contributed by atoms with Crippen LogP contribution in [0.5, 0.6) is 0 Å². The highest BCUT2D eigenvalue weighted by Crippen LogP contribution is 2.10. The van der Waals surface area contributed by atoms with Gasteiger partial charge in [0.2, 0.25) is 5.91 Å². The lowest BCUT2D eigenvalue weighted by Gasteiger charge is -2.21. The zero-order valence-electron chi connectivity index (χ0n) is 16.2. The molecule has 0 aliphatic carbocycles. The number of carbonyl (C=O) groups is 1. The minimum atomic E-state index is -0.418. The van der Waals surface area contributed by atoms with Gasteiger partial charge in [-0.1, -0.05) is 26.0 Å². The number of aliphatic imine (C=N–C) groups is 1. The lowest BCUT2D eigenvalue weighted by Crippen LogP contribution is -2.39. The van der Waals surface area contributed by atoms with E-state index in [0.717, 1.165) is 37.6 Å². The minimum absolute atomic E-state index is 0. The number of amides is 1. The Balaban J connectivity index is 0.00000625. The number of rotatable bonds is 10. The molecule has 6 nitrogen and oxygen atoms in total. The van der Waals surface area contributed by atoms with Crippen molar-refractivity contribution in [2.75, 3.05) is 19.7 Å². The SMILES string of the molecule is CCNC(=NCc1ccc(C(N)=O)cc1)NCCC(OCC)C(C)C.I. The van der Waals surface area contributed by atoms with Crippen molar-refractivity contribution < 1.29 is 9.53 Å². The Kier molecular flexibility index (Phi) is 13.1. The first-order chi connectivity index (χ1) is 12.0. The van der Waals surface area contributed by atoms with Crippen LogP contribution in [0.1, 0.15) is 50.0 Å². The second-order valence-corrected chi connectivity index (χ2v) is 6.21. The first-order valence-corrected chi connectivity index (χ1v) is 9.00. The van der Waals surface area contributed by atoms with Crippen molar-refractivity contribution in [3.63, 3.8) is 0 Å². The molecule has 0 aromatic heterocycles. The molecule has 4 N–H and O–H groups in total. The highest BCUT2D eigenvalue weighted by atomic mass is 127. The summed E-state index contributed by atoms with van der Waals surface area (Å²) in [6.07, 6.45) is 1.19. The van der Waals surface area contributed by atoms with Crippen LogP contribution in [0.3, 0.4) is 0 Å². The van der Waals surface area contributed by atoms with Gasteiger partial charge in [0.05, 0.1) is 12.6 Å². The van der Waals surface area contributed by atoms with Crippen molar-refractivity contribution in [2.24, 2.45) is 16.6 Å². The van der Waals surface area contributed by atoms with Gasteiger partial charge in [-0.05, 0) is 43.9 Å². The van der Waals surface area contributed by atoms with E-state index in [1.165, 1.54) is 0 Å². The van der Waals surface area contributed by atoms with Crippen LogP contribution in [-0.2, 0) is 11.3 Å². The van der Waals surface area contributed by atoms with Crippen LogP contribution < -0.4 is 16.4 Å². The van der Waals surface area contributed by atoms with E-state index in [0.29, 0.717) is 18.0 Å². The van der Waals surface area contributed by atoms with Gasteiger partial charge < -0.3 is 21.1 Å². The van der Waals surface area contributed by atoms with Gasteiger partial charge >= 0.3 is 0 Å². The molecule has 0 saturated heterocycles. The van der Waals surface area contributed by atoms with Crippen LogP contribution in [0, 0.1) is 5.92 Å². The molecule has 0 radical (unpaired) electrons. The van der Waals surface area contributed by atoms with E-state index < -0.39 is 5.91 Å². The second kappa shape index (κ2) is 13.8. The van der Waals surface area contributed by atoms with E-state index in [4.69, 9.17) is 10.5 Å². The van der Waals surface area contributed by atoms with Crippen LogP contribution in [0.2, 0.25) is 0 Å². The molecule has 0 aliphatic rings. The van der Waals surface area contributed by atoms with Gasteiger partial charge in [0.15, 0.2) is 5.96 Å². The highest BCUT2D eigenvalue weighted by molar-refractivity contribution is 14.0. The Morgan fingerprint density at radius 1 is 1.19 bits per heavy atom.